The molecule has 0 unspecified atom stereocenters. The van der Waals surface area contributed by atoms with E-state index in [4.69, 9.17) is 4.42 Å². The third-order valence-electron chi connectivity index (χ3n) is 5.69. The molecule has 26 heavy (non-hydrogen) atoms. The van der Waals surface area contributed by atoms with Crippen LogP contribution in [0.15, 0.2) is 34.9 Å². The number of nitrogens with zero attached hydrogens (tertiary/aromatic N) is 2. The summed E-state index contributed by atoms with van der Waals surface area (Å²) in [6.07, 6.45) is 3.65. The van der Waals surface area contributed by atoms with Gasteiger partial charge in [-0.25, -0.2) is 12.7 Å². The minimum atomic E-state index is -3.30. The maximum atomic E-state index is 12.9. The summed E-state index contributed by atoms with van der Waals surface area (Å²) in [5, 5.41) is 11.8. The zero-order valence-electron chi connectivity index (χ0n) is 14.6. The van der Waals surface area contributed by atoms with Gasteiger partial charge in [0.1, 0.15) is 5.58 Å². The summed E-state index contributed by atoms with van der Waals surface area (Å²) in [6, 6.07) is 7.12. The molecule has 2 aliphatic heterocycles. The van der Waals surface area contributed by atoms with Gasteiger partial charge in [-0.1, -0.05) is 0 Å². The molecule has 1 aromatic carbocycles. The van der Waals surface area contributed by atoms with Gasteiger partial charge in [0.2, 0.25) is 10.0 Å². The molecule has 8 heteroatoms. The third kappa shape index (κ3) is 3.02. The summed E-state index contributed by atoms with van der Waals surface area (Å²) in [7, 11) is -3.30. The molecular weight excluding hydrogens is 356 g/mol. The predicted octanol–water partition coefficient (Wildman–Crippen LogP) is 1.29. The Labute approximate surface area is 152 Å². The van der Waals surface area contributed by atoms with Crippen molar-refractivity contribution in [3.8, 4) is 0 Å². The Bertz CT molecular complexity index is 953. The first kappa shape index (κ1) is 17.5. The molecule has 2 fully saturated rings. The average molecular weight is 378 g/mol. The van der Waals surface area contributed by atoms with Gasteiger partial charge in [0.15, 0.2) is 0 Å². The Kier molecular flexibility index (Phi) is 4.09. The first-order valence-electron chi connectivity index (χ1n) is 8.70. The molecule has 2 saturated heterocycles. The van der Waals surface area contributed by atoms with E-state index in [1.54, 1.807) is 29.4 Å². The average Bonchev–Trinajstić information content (AvgIpc) is 3.06. The number of piperidine rings is 2. The minimum absolute atomic E-state index is 0.105. The van der Waals surface area contributed by atoms with Gasteiger partial charge in [0.25, 0.3) is 5.91 Å². The lowest BCUT2D eigenvalue weighted by Crippen LogP contribution is -2.61. The number of sulfonamides is 1. The fourth-order valence-corrected chi connectivity index (χ4v) is 4.91. The summed E-state index contributed by atoms with van der Waals surface area (Å²) < 4.78 is 30.4. The molecule has 4 rings (SSSR count). The predicted molar refractivity (Wildman–Crippen MR) is 96.2 cm³/mol. The number of hydrogen-bond donors (Lipinski definition) is 1. The van der Waals surface area contributed by atoms with Crippen molar-refractivity contribution in [3.05, 3.63) is 36.1 Å². The largest absolute Gasteiger partial charge is 0.464 e. The number of likely N-dealkylation sites (tertiary alicyclic amines) is 1. The third-order valence-corrected chi connectivity index (χ3v) is 6.96. The van der Waals surface area contributed by atoms with E-state index in [2.05, 4.69) is 0 Å². The highest BCUT2D eigenvalue weighted by molar-refractivity contribution is 7.88. The Morgan fingerprint density at radius 1 is 1.23 bits per heavy atom. The first-order chi connectivity index (χ1) is 12.3. The van der Waals surface area contributed by atoms with E-state index < -0.39 is 15.6 Å². The van der Waals surface area contributed by atoms with E-state index in [9.17, 15) is 18.3 Å². The first-order valence-corrected chi connectivity index (χ1v) is 10.6. The molecule has 0 radical (unpaired) electrons. The molecule has 0 bridgehead atoms. The van der Waals surface area contributed by atoms with E-state index in [1.165, 1.54) is 10.6 Å². The van der Waals surface area contributed by atoms with Crippen LogP contribution in [0.3, 0.4) is 0 Å². The van der Waals surface area contributed by atoms with Crippen molar-refractivity contribution in [2.75, 3.05) is 32.4 Å². The van der Waals surface area contributed by atoms with Crippen LogP contribution in [0.4, 0.5) is 0 Å². The van der Waals surface area contributed by atoms with Crippen LogP contribution < -0.4 is 0 Å². The zero-order chi connectivity index (χ0) is 18.5. The minimum Gasteiger partial charge on any atom is -0.464 e. The van der Waals surface area contributed by atoms with Crippen LogP contribution in [-0.4, -0.2) is 66.7 Å². The van der Waals surface area contributed by atoms with Crippen molar-refractivity contribution in [2.24, 2.45) is 5.92 Å². The van der Waals surface area contributed by atoms with Gasteiger partial charge in [-0.3, -0.25) is 4.79 Å². The number of hydrogen-bond acceptors (Lipinski definition) is 5. The lowest BCUT2D eigenvalue weighted by atomic mass is 9.76. The monoisotopic (exact) mass is 378 g/mol. The fraction of sp³-hybridized carbons (Fsp3) is 0.500. The van der Waals surface area contributed by atoms with Crippen LogP contribution in [-0.2, 0) is 10.0 Å². The van der Waals surface area contributed by atoms with Crippen molar-refractivity contribution < 1.29 is 22.7 Å². The molecule has 0 saturated carbocycles. The summed E-state index contributed by atoms with van der Waals surface area (Å²) in [6.45, 7) is 1.40. The fourth-order valence-electron chi connectivity index (χ4n) is 4.04. The highest BCUT2D eigenvalue weighted by Crippen LogP contribution is 2.36. The SMILES string of the molecule is CS(=O)(=O)N1CC[C@@]2(O)CCN(C(=O)c3ccc4occc4c3)C[C@H]2C1. The van der Waals surface area contributed by atoms with Crippen molar-refractivity contribution >= 4 is 26.9 Å². The number of aliphatic hydroxyl groups is 1. The van der Waals surface area contributed by atoms with Crippen LogP contribution in [0.25, 0.3) is 11.0 Å². The second-order valence-electron chi connectivity index (χ2n) is 7.35. The molecule has 2 aromatic rings. The maximum Gasteiger partial charge on any atom is 0.253 e. The normalized spacial score (nSPS) is 27.5. The van der Waals surface area contributed by atoms with E-state index >= 15 is 0 Å². The lowest BCUT2D eigenvalue weighted by Gasteiger charge is -2.49. The van der Waals surface area contributed by atoms with Crippen molar-refractivity contribution in [2.45, 2.75) is 18.4 Å². The molecule has 2 atom stereocenters. The van der Waals surface area contributed by atoms with E-state index in [0.717, 1.165) is 11.0 Å². The van der Waals surface area contributed by atoms with Gasteiger partial charge in [-0.2, -0.15) is 0 Å². The highest BCUT2D eigenvalue weighted by atomic mass is 32.2. The molecule has 3 heterocycles. The standard InChI is InChI=1S/C18H22N2O5S/c1-26(23,24)20-8-6-18(22)5-7-19(11-15(18)12-20)17(21)14-2-3-16-13(10-14)4-9-25-16/h2-4,9-10,15,22H,5-8,11-12H2,1H3/t15-,18-/m0/s1. The van der Waals surface area contributed by atoms with Crippen LogP contribution >= 0.6 is 0 Å². The Balaban J connectivity index is 1.54. The summed E-state index contributed by atoms with van der Waals surface area (Å²) in [4.78, 5) is 14.6. The highest BCUT2D eigenvalue weighted by Gasteiger charge is 2.47. The smallest absolute Gasteiger partial charge is 0.253 e. The molecule has 1 aromatic heterocycles. The van der Waals surface area contributed by atoms with Gasteiger partial charge in [0, 0.05) is 43.0 Å². The number of carbonyl (C=O) groups is 1. The van der Waals surface area contributed by atoms with Gasteiger partial charge < -0.3 is 14.4 Å². The number of fused-ring (bicyclic) bond motifs is 2. The topological polar surface area (TPSA) is 91.1 Å². The Morgan fingerprint density at radius 3 is 2.77 bits per heavy atom. The second-order valence-corrected chi connectivity index (χ2v) is 9.33. The lowest BCUT2D eigenvalue weighted by molar-refractivity contribution is -0.0946. The quantitative estimate of drug-likeness (QED) is 0.850. The molecule has 140 valence electrons. The zero-order valence-corrected chi connectivity index (χ0v) is 15.4. The molecular formula is C18H22N2O5S. The molecule has 1 N–H and O–H groups in total. The Hall–Kier alpha value is -1.90. The molecule has 1 amide bonds. The summed E-state index contributed by atoms with van der Waals surface area (Å²) >= 11 is 0. The van der Waals surface area contributed by atoms with Crippen molar-refractivity contribution in [3.63, 3.8) is 0 Å². The number of furan rings is 1. The molecule has 7 nitrogen and oxygen atoms in total. The van der Waals surface area contributed by atoms with Gasteiger partial charge >= 0.3 is 0 Å². The summed E-state index contributed by atoms with van der Waals surface area (Å²) in [5.74, 6) is -0.382. The number of amides is 1. The van der Waals surface area contributed by atoms with Crippen LogP contribution in [0.1, 0.15) is 23.2 Å². The van der Waals surface area contributed by atoms with Gasteiger partial charge in [0.05, 0.1) is 18.1 Å². The second kappa shape index (κ2) is 6.07. The van der Waals surface area contributed by atoms with E-state index in [-0.39, 0.29) is 18.4 Å². The van der Waals surface area contributed by atoms with Crippen LogP contribution in [0.2, 0.25) is 0 Å². The summed E-state index contributed by atoms with van der Waals surface area (Å²) in [5.41, 5.74) is 0.401. The van der Waals surface area contributed by atoms with Crippen molar-refractivity contribution in [1.82, 2.24) is 9.21 Å². The number of carbonyl (C=O) groups excluding carboxylic acids is 1. The number of benzene rings is 1. The molecule has 0 spiro atoms. The van der Waals surface area contributed by atoms with E-state index in [1.807, 2.05) is 6.07 Å². The van der Waals surface area contributed by atoms with Crippen LogP contribution in [0.5, 0.6) is 0 Å². The van der Waals surface area contributed by atoms with Gasteiger partial charge in [-0.05, 0) is 37.1 Å². The van der Waals surface area contributed by atoms with Crippen molar-refractivity contribution in [1.29, 1.82) is 0 Å². The molecule has 0 aliphatic carbocycles. The molecule has 2 aliphatic rings. The maximum absolute atomic E-state index is 12.9. The van der Waals surface area contributed by atoms with Crippen LogP contribution in [0, 0.1) is 5.92 Å². The number of rotatable bonds is 2. The van der Waals surface area contributed by atoms with E-state index in [0.29, 0.717) is 38.0 Å². The van der Waals surface area contributed by atoms with Gasteiger partial charge in [-0.15, -0.1) is 0 Å². The Morgan fingerprint density at radius 2 is 2.00 bits per heavy atom.